The minimum absolute atomic E-state index is 0.0700. The van der Waals surface area contributed by atoms with Crippen LogP contribution in [0.25, 0.3) is 0 Å². The molecule has 5 amide bonds. The van der Waals surface area contributed by atoms with Gasteiger partial charge in [-0.2, -0.15) is 0 Å². The fourth-order valence-electron chi connectivity index (χ4n) is 6.41. The van der Waals surface area contributed by atoms with Crippen molar-refractivity contribution in [3.8, 4) is 0 Å². The highest BCUT2D eigenvalue weighted by Crippen LogP contribution is 2.35. The van der Waals surface area contributed by atoms with E-state index in [2.05, 4.69) is 88.7 Å². The topological polar surface area (TPSA) is 162 Å². The highest BCUT2D eigenvalue weighted by Gasteiger charge is 2.33. The van der Waals surface area contributed by atoms with Crippen LogP contribution in [0.5, 0.6) is 0 Å². The summed E-state index contributed by atoms with van der Waals surface area (Å²) in [4.78, 5) is 73.2. The van der Waals surface area contributed by atoms with Gasteiger partial charge in [0, 0.05) is 37.6 Å². The molecule has 0 saturated carbocycles. The van der Waals surface area contributed by atoms with E-state index in [9.17, 15) is 24.0 Å². The van der Waals surface area contributed by atoms with Crippen molar-refractivity contribution >= 4 is 51.2 Å². The Balaban J connectivity index is 1.81. The minimum atomic E-state index is -0.942. The van der Waals surface area contributed by atoms with E-state index < -0.39 is 29.7 Å². The summed E-state index contributed by atoms with van der Waals surface area (Å²) in [6, 6.07) is 6.49. The molecule has 6 atom stereocenters. The monoisotopic (exact) mass is 785 g/mol. The fraction of sp³-hybridized carbons (Fsp3) is 0.615. The molecule has 0 aliphatic rings. The number of hydrogen-bond acceptors (Lipinski definition) is 7. The van der Waals surface area contributed by atoms with Crippen LogP contribution in [0.3, 0.4) is 0 Å². The molecule has 0 saturated heterocycles. The van der Waals surface area contributed by atoms with Crippen molar-refractivity contribution in [2.45, 2.75) is 98.4 Å². The number of likely N-dealkylation sites (N-methyl/N-ethyl adjacent to an activating group) is 1. The smallest absolute Gasteiger partial charge is 0.254 e. The van der Waals surface area contributed by atoms with Gasteiger partial charge in [0.1, 0.15) is 11.9 Å². The SMILES string of the molecule is CCC(C)CCCC(C)C(C(C)CC)C(C)C(=O)N(C)CCc1cccc(NC(=O)CNC(=O)C(C)NC(=O)CNC(=O)c2cnc(CBr)nc2)c1. The van der Waals surface area contributed by atoms with E-state index in [1.165, 1.54) is 38.6 Å². The number of aromatic nitrogens is 2. The standard InChI is InChI=1S/C39H60BrN7O5/c1-9-25(3)13-11-14-27(5)36(26(4)10-2)28(6)39(52)47(8)18-17-30-15-12-16-32(19-30)46-35(49)24-43-37(50)29(7)45-34(48)23-44-38(51)31-21-41-33(20-40)42-22-31/h12,15-16,19,21-22,25-29,36H,9-11,13-14,17-18,20,23-24H2,1-8H3,(H,43,50)(H,44,51)(H,45,48)(H,46,49). The zero-order chi connectivity index (χ0) is 38.8. The molecule has 6 unspecified atom stereocenters. The molecule has 1 aromatic heterocycles. The number of hydrogen-bond donors (Lipinski definition) is 4. The van der Waals surface area contributed by atoms with E-state index in [0.29, 0.717) is 47.6 Å². The Hall–Kier alpha value is -3.87. The molecule has 0 bridgehead atoms. The molecular formula is C39H60BrN7O5. The van der Waals surface area contributed by atoms with Crippen molar-refractivity contribution in [3.63, 3.8) is 0 Å². The van der Waals surface area contributed by atoms with Crippen LogP contribution in [-0.4, -0.2) is 77.1 Å². The summed E-state index contributed by atoms with van der Waals surface area (Å²) in [5.74, 6) is 0.530. The van der Waals surface area contributed by atoms with Gasteiger partial charge in [-0.05, 0) is 54.7 Å². The molecular weight excluding hydrogens is 726 g/mol. The molecule has 4 N–H and O–H groups in total. The first-order chi connectivity index (χ1) is 24.7. The predicted molar refractivity (Wildman–Crippen MR) is 209 cm³/mol. The Morgan fingerprint density at radius 2 is 1.54 bits per heavy atom. The predicted octanol–water partition coefficient (Wildman–Crippen LogP) is 5.51. The van der Waals surface area contributed by atoms with E-state index >= 15 is 0 Å². The van der Waals surface area contributed by atoms with Gasteiger partial charge in [-0.3, -0.25) is 24.0 Å². The zero-order valence-corrected chi connectivity index (χ0v) is 33.8. The van der Waals surface area contributed by atoms with Crippen molar-refractivity contribution in [3.05, 3.63) is 53.6 Å². The van der Waals surface area contributed by atoms with Crippen LogP contribution >= 0.6 is 15.9 Å². The first kappa shape index (κ1) is 44.3. The Labute approximate surface area is 318 Å². The fourth-order valence-corrected chi connectivity index (χ4v) is 6.70. The number of benzene rings is 1. The molecule has 13 heteroatoms. The van der Waals surface area contributed by atoms with Crippen LogP contribution < -0.4 is 21.3 Å². The lowest BCUT2D eigenvalue weighted by molar-refractivity contribution is -0.137. The van der Waals surface area contributed by atoms with Crippen molar-refractivity contribution in [2.24, 2.45) is 29.6 Å². The summed E-state index contributed by atoms with van der Waals surface area (Å²) in [5, 5.41) is 10.7. The highest BCUT2D eigenvalue weighted by molar-refractivity contribution is 9.08. The van der Waals surface area contributed by atoms with Crippen molar-refractivity contribution in [2.75, 3.05) is 32.0 Å². The second kappa shape index (κ2) is 22.9. The summed E-state index contributed by atoms with van der Waals surface area (Å²) in [5.41, 5.74) is 1.75. The van der Waals surface area contributed by atoms with E-state index in [-0.39, 0.29) is 30.5 Å². The first-order valence-corrected chi connectivity index (χ1v) is 19.7. The lowest BCUT2D eigenvalue weighted by Gasteiger charge is -2.35. The summed E-state index contributed by atoms with van der Waals surface area (Å²) >= 11 is 3.23. The Kier molecular flexibility index (Phi) is 19.5. The maximum absolute atomic E-state index is 13.6. The molecule has 2 rings (SSSR count). The molecule has 1 heterocycles. The van der Waals surface area contributed by atoms with Crippen LogP contribution in [0.2, 0.25) is 0 Å². The number of halogens is 1. The van der Waals surface area contributed by atoms with Gasteiger partial charge in [0.05, 0.1) is 24.0 Å². The molecule has 52 heavy (non-hydrogen) atoms. The normalized spacial score (nSPS) is 14.6. The summed E-state index contributed by atoms with van der Waals surface area (Å²) in [7, 11) is 1.87. The van der Waals surface area contributed by atoms with Crippen LogP contribution in [0.4, 0.5) is 5.69 Å². The average Bonchev–Trinajstić information content (AvgIpc) is 3.14. The number of carbonyl (C=O) groups excluding carboxylic acids is 5. The summed E-state index contributed by atoms with van der Waals surface area (Å²) < 4.78 is 0. The van der Waals surface area contributed by atoms with Gasteiger partial charge < -0.3 is 26.2 Å². The Morgan fingerprint density at radius 1 is 0.865 bits per heavy atom. The molecule has 0 aliphatic carbocycles. The summed E-state index contributed by atoms with van der Waals surface area (Å²) in [6.07, 6.45) is 9.17. The van der Waals surface area contributed by atoms with Crippen LogP contribution in [0, 0.1) is 29.6 Å². The van der Waals surface area contributed by atoms with E-state index in [1.807, 2.05) is 30.1 Å². The quantitative estimate of drug-likeness (QED) is 0.114. The van der Waals surface area contributed by atoms with Gasteiger partial charge in [-0.15, -0.1) is 0 Å². The van der Waals surface area contributed by atoms with Crippen molar-refractivity contribution in [1.29, 1.82) is 0 Å². The van der Waals surface area contributed by atoms with Gasteiger partial charge in [0.15, 0.2) is 0 Å². The zero-order valence-electron chi connectivity index (χ0n) is 32.3. The second-order valence-corrected chi connectivity index (χ2v) is 14.7. The Bertz CT molecular complexity index is 1460. The molecule has 1 aromatic carbocycles. The maximum atomic E-state index is 13.6. The molecule has 12 nitrogen and oxygen atoms in total. The van der Waals surface area contributed by atoms with Gasteiger partial charge in [-0.25, -0.2) is 9.97 Å². The molecule has 0 fully saturated rings. The number of carbonyl (C=O) groups is 5. The second-order valence-electron chi connectivity index (χ2n) is 14.1. The van der Waals surface area contributed by atoms with E-state index in [1.54, 1.807) is 6.07 Å². The highest BCUT2D eigenvalue weighted by atomic mass is 79.9. The Morgan fingerprint density at radius 3 is 2.17 bits per heavy atom. The number of anilines is 1. The van der Waals surface area contributed by atoms with Crippen molar-refractivity contribution in [1.82, 2.24) is 30.8 Å². The summed E-state index contributed by atoms with van der Waals surface area (Å²) in [6.45, 7) is 14.8. The van der Waals surface area contributed by atoms with E-state index in [4.69, 9.17) is 0 Å². The lowest BCUT2D eigenvalue weighted by atomic mass is 9.72. The lowest BCUT2D eigenvalue weighted by Crippen LogP contribution is -2.49. The van der Waals surface area contributed by atoms with Gasteiger partial charge in [0.25, 0.3) is 5.91 Å². The van der Waals surface area contributed by atoms with Gasteiger partial charge in [0.2, 0.25) is 23.6 Å². The number of rotatable bonds is 22. The minimum Gasteiger partial charge on any atom is -0.345 e. The van der Waals surface area contributed by atoms with Crippen LogP contribution in [0.1, 0.15) is 102 Å². The number of alkyl halides is 1. The third-order valence-corrected chi connectivity index (χ3v) is 10.5. The molecule has 0 aliphatic heterocycles. The van der Waals surface area contributed by atoms with Crippen molar-refractivity contribution < 1.29 is 24.0 Å². The molecule has 0 spiro atoms. The number of amides is 5. The number of nitrogens with one attached hydrogen (secondary N) is 4. The van der Waals surface area contributed by atoms with Gasteiger partial charge >= 0.3 is 0 Å². The molecule has 0 radical (unpaired) electrons. The van der Waals surface area contributed by atoms with Crippen LogP contribution in [0.15, 0.2) is 36.7 Å². The molecule has 2 aromatic rings. The third kappa shape index (κ3) is 15.0. The first-order valence-electron chi connectivity index (χ1n) is 18.6. The molecule has 288 valence electrons. The average molecular weight is 787 g/mol. The van der Waals surface area contributed by atoms with Crippen LogP contribution in [-0.2, 0) is 30.9 Å². The van der Waals surface area contributed by atoms with Gasteiger partial charge in [-0.1, -0.05) is 102 Å². The number of nitrogens with zero attached hydrogens (tertiary/aromatic N) is 3. The van der Waals surface area contributed by atoms with E-state index in [0.717, 1.165) is 24.3 Å². The third-order valence-electron chi connectivity index (χ3n) is 9.99. The maximum Gasteiger partial charge on any atom is 0.254 e. The largest absolute Gasteiger partial charge is 0.345 e.